The minimum absolute atomic E-state index is 0.118. The van der Waals surface area contributed by atoms with Gasteiger partial charge in [-0.25, -0.2) is 0 Å². The Bertz CT molecular complexity index is 998. The summed E-state index contributed by atoms with van der Waals surface area (Å²) in [5.74, 6) is 0.920. The van der Waals surface area contributed by atoms with Gasteiger partial charge in [0.2, 0.25) is 0 Å². The van der Waals surface area contributed by atoms with E-state index in [0.29, 0.717) is 18.3 Å². The predicted molar refractivity (Wildman–Crippen MR) is 150 cm³/mol. The van der Waals surface area contributed by atoms with Gasteiger partial charge in [-0.3, -0.25) is 0 Å². The summed E-state index contributed by atoms with van der Waals surface area (Å²) in [4.78, 5) is 0. The summed E-state index contributed by atoms with van der Waals surface area (Å²) in [6.07, 6.45) is 20.6. The third-order valence-electron chi connectivity index (χ3n) is 7.39. The first-order chi connectivity index (χ1) is 15.5. The van der Waals surface area contributed by atoms with E-state index in [0.717, 1.165) is 0 Å². The zero-order valence-electron chi connectivity index (χ0n) is 22.6. The molecule has 0 saturated carbocycles. The molecule has 0 nitrogen and oxygen atoms in total. The van der Waals surface area contributed by atoms with E-state index in [-0.39, 0.29) is 10.8 Å². The maximum atomic E-state index is 2.55. The highest BCUT2D eigenvalue weighted by atomic mass is 14.3. The summed E-state index contributed by atoms with van der Waals surface area (Å²) < 4.78 is 0. The molecule has 1 heteroatoms. The molecule has 2 unspecified atom stereocenters. The quantitative estimate of drug-likeness (QED) is 0.292. The summed E-state index contributed by atoms with van der Waals surface area (Å²) >= 11 is 0. The van der Waals surface area contributed by atoms with Crippen LogP contribution in [-0.2, 0) is 5.41 Å². The van der Waals surface area contributed by atoms with Crippen LogP contribution in [0.25, 0.3) is 6.08 Å². The number of benzene rings is 1. The van der Waals surface area contributed by atoms with Crippen LogP contribution in [0.4, 0.5) is 0 Å². The Kier molecular flexibility index (Phi) is 7.82. The molecule has 0 saturated heterocycles. The Morgan fingerprint density at radius 1 is 1.09 bits per heavy atom. The van der Waals surface area contributed by atoms with Crippen molar-refractivity contribution in [2.24, 2.45) is 5.41 Å². The van der Waals surface area contributed by atoms with Gasteiger partial charge < -0.3 is 0 Å². The highest BCUT2D eigenvalue weighted by Gasteiger charge is 2.36. The Morgan fingerprint density at radius 2 is 1.82 bits per heavy atom. The van der Waals surface area contributed by atoms with Crippen molar-refractivity contribution < 1.29 is 0 Å². The third kappa shape index (κ3) is 5.92. The Morgan fingerprint density at radius 3 is 2.42 bits per heavy atom. The molecule has 0 radical (unpaired) electrons. The van der Waals surface area contributed by atoms with Gasteiger partial charge >= 0.3 is 0 Å². The fourth-order valence-electron chi connectivity index (χ4n) is 5.17. The van der Waals surface area contributed by atoms with Gasteiger partial charge in [0.25, 0.3) is 0 Å². The SMILES string of the molecule is C/C=C\C(=C/C1=Cc2ccc(C(C)(C)C)cc2C1B(C)C1C=CC(CCCC)=C1)C(C)(C)C. The zero-order chi connectivity index (χ0) is 24.4. The highest BCUT2D eigenvalue weighted by molar-refractivity contribution is 6.63. The molecule has 1 aromatic carbocycles. The van der Waals surface area contributed by atoms with Crippen molar-refractivity contribution in [2.45, 2.75) is 98.5 Å². The number of hydrogen-bond acceptors (Lipinski definition) is 0. The normalized spacial score (nSPS) is 20.9. The molecule has 1 aromatic rings. The Labute approximate surface area is 204 Å². The first kappa shape index (κ1) is 25.6. The Balaban J connectivity index is 2.06. The monoisotopic (exact) mass is 440 g/mol. The lowest BCUT2D eigenvalue weighted by Crippen LogP contribution is -2.25. The van der Waals surface area contributed by atoms with E-state index in [1.807, 2.05) is 0 Å². The number of fused-ring (bicyclic) bond motifs is 1. The van der Waals surface area contributed by atoms with Crippen molar-refractivity contribution in [1.82, 2.24) is 0 Å². The molecule has 0 bridgehead atoms. The van der Waals surface area contributed by atoms with Crippen LogP contribution >= 0.6 is 0 Å². The molecule has 0 heterocycles. The van der Waals surface area contributed by atoms with E-state index >= 15 is 0 Å². The second kappa shape index (κ2) is 10.1. The van der Waals surface area contributed by atoms with Crippen molar-refractivity contribution in [2.75, 3.05) is 0 Å². The molecule has 3 rings (SSSR count). The number of unbranched alkanes of at least 4 members (excludes halogenated alkanes) is 1. The summed E-state index contributed by atoms with van der Waals surface area (Å²) in [7, 11) is 0. The first-order valence-electron chi connectivity index (χ1n) is 13.1. The van der Waals surface area contributed by atoms with Gasteiger partial charge in [0.15, 0.2) is 6.71 Å². The zero-order valence-corrected chi connectivity index (χ0v) is 22.6. The molecule has 0 aliphatic heterocycles. The molecule has 0 N–H and O–H groups in total. The van der Waals surface area contributed by atoms with Crippen molar-refractivity contribution in [1.29, 1.82) is 0 Å². The third-order valence-corrected chi connectivity index (χ3v) is 7.39. The van der Waals surface area contributed by atoms with Gasteiger partial charge in [0.1, 0.15) is 0 Å². The van der Waals surface area contributed by atoms with Crippen LogP contribution in [0.15, 0.2) is 71.4 Å². The minimum atomic E-state index is 0.118. The molecule has 0 aromatic heterocycles. The van der Waals surface area contributed by atoms with Crippen molar-refractivity contribution in [3.63, 3.8) is 0 Å². The minimum Gasteiger partial charge on any atom is -0.0874 e. The molecular weight excluding hydrogens is 395 g/mol. The number of hydrogen-bond donors (Lipinski definition) is 0. The van der Waals surface area contributed by atoms with Crippen molar-refractivity contribution in [3.05, 3.63) is 88.1 Å². The van der Waals surface area contributed by atoms with Crippen LogP contribution in [-0.4, -0.2) is 6.71 Å². The summed E-state index contributed by atoms with van der Waals surface area (Å²) in [5.41, 5.74) is 9.02. The van der Waals surface area contributed by atoms with Crippen LogP contribution in [0.2, 0.25) is 12.6 Å². The maximum Gasteiger partial charge on any atom is 0.162 e. The van der Waals surface area contributed by atoms with Crippen LogP contribution in [0.1, 0.15) is 97.2 Å². The van der Waals surface area contributed by atoms with Gasteiger partial charge in [-0.2, -0.15) is 0 Å². The lowest BCUT2D eigenvalue weighted by molar-refractivity contribution is 0.516. The molecule has 176 valence electrons. The van der Waals surface area contributed by atoms with Gasteiger partial charge in [-0.05, 0) is 70.1 Å². The lowest BCUT2D eigenvalue weighted by atomic mass is 9.34. The molecule has 2 atom stereocenters. The second-order valence-corrected chi connectivity index (χ2v) is 12.2. The fraction of sp³-hybridized carbons (Fsp3) is 0.500. The largest absolute Gasteiger partial charge is 0.162 e. The van der Waals surface area contributed by atoms with Crippen LogP contribution in [0.3, 0.4) is 0 Å². The van der Waals surface area contributed by atoms with Crippen molar-refractivity contribution in [3.8, 4) is 0 Å². The Hall–Kier alpha value is -2.02. The van der Waals surface area contributed by atoms with E-state index in [9.17, 15) is 0 Å². The smallest absolute Gasteiger partial charge is 0.0874 e. The van der Waals surface area contributed by atoms with Crippen LogP contribution in [0.5, 0.6) is 0 Å². The fourth-order valence-corrected chi connectivity index (χ4v) is 5.17. The molecule has 33 heavy (non-hydrogen) atoms. The van der Waals surface area contributed by atoms with Gasteiger partial charge in [0, 0.05) is 0 Å². The van der Waals surface area contributed by atoms with Gasteiger partial charge in [-0.15, -0.1) is 0 Å². The van der Waals surface area contributed by atoms with E-state index in [1.165, 1.54) is 52.7 Å². The molecule has 0 amide bonds. The number of allylic oxidation sites excluding steroid dienone is 9. The van der Waals surface area contributed by atoms with E-state index < -0.39 is 0 Å². The second-order valence-electron chi connectivity index (χ2n) is 12.2. The molecule has 2 aliphatic carbocycles. The molecule has 0 fully saturated rings. The predicted octanol–water partition coefficient (Wildman–Crippen LogP) is 9.73. The van der Waals surface area contributed by atoms with Crippen molar-refractivity contribution >= 4 is 12.8 Å². The van der Waals surface area contributed by atoms with Gasteiger partial charge in [0.05, 0.1) is 0 Å². The molecule has 0 spiro atoms. The standard InChI is InChI=1S/C32H45B/c1-10-12-14-23-15-18-28(19-23)33(9)30-25(21-26(13-11-2)31(3,4)5)20-24-16-17-27(22-29(24)30)32(6,7)8/h11,13,15-22,28,30H,10,12,14H2,1-9H3/b13-11-,26-21+. The highest BCUT2D eigenvalue weighted by Crippen LogP contribution is 2.46. The maximum absolute atomic E-state index is 2.55. The van der Waals surface area contributed by atoms with E-state index in [2.05, 4.69) is 123 Å². The topological polar surface area (TPSA) is 0 Å². The van der Waals surface area contributed by atoms with E-state index in [4.69, 9.17) is 0 Å². The van der Waals surface area contributed by atoms with Gasteiger partial charge in [-0.1, -0.05) is 128 Å². The average molecular weight is 441 g/mol. The average Bonchev–Trinajstić information content (AvgIpc) is 3.34. The summed E-state index contributed by atoms with van der Waals surface area (Å²) in [5, 5.41) is 0. The first-order valence-corrected chi connectivity index (χ1v) is 13.1. The lowest BCUT2D eigenvalue weighted by Gasteiger charge is -2.27. The summed E-state index contributed by atoms with van der Waals surface area (Å²) in [6, 6.07) is 7.19. The molecule has 2 aliphatic rings. The molecular formula is C32H45B. The number of rotatable bonds is 7. The van der Waals surface area contributed by atoms with Crippen LogP contribution < -0.4 is 0 Å². The van der Waals surface area contributed by atoms with Crippen LogP contribution in [0, 0.1) is 5.41 Å². The summed E-state index contributed by atoms with van der Waals surface area (Å²) in [6.45, 7) is 21.3. The van der Waals surface area contributed by atoms with E-state index in [1.54, 1.807) is 0 Å².